The summed E-state index contributed by atoms with van der Waals surface area (Å²) in [5, 5.41) is 3.18. The molecule has 1 rings (SSSR count). The first kappa shape index (κ1) is 12.8. The summed E-state index contributed by atoms with van der Waals surface area (Å²) >= 11 is 3.40. The maximum atomic E-state index is 5.42. The van der Waals surface area contributed by atoms with E-state index in [-0.39, 0.29) is 0 Å². The molecule has 0 spiro atoms. The summed E-state index contributed by atoms with van der Waals surface area (Å²) in [6, 6.07) is 0. The Bertz CT molecular complexity index is 376. The van der Waals surface area contributed by atoms with Crippen LogP contribution in [-0.4, -0.2) is 23.1 Å². The van der Waals surface area contributed by atoms with E-state index in [4.69, 9.17) is 11.2 Å². The third-order valence-electron chi connectivity index (χ3n) is 1.79. The minimum Gasteiger partial charge on any atom is -0.476 e. The molecule has 0 aromatic carbocycles. The molecule has 0 aliphatic rings. The summed E-state index contributed by atoms with van der Waals surface area (Å²) in [5.41, 5.74) is 0. The smallest absolute Gasteiger partial charge is 0.233 e. The number of ether oxygens (including phenoxy) is 1. The third kappa shape index (κ3) is 3.70. The minimum absolute atomic E-state index is 0.458. The van der Waals surface area contributed by atoms with Crippen molar-refractivity contribution in [2.75, 3.05) is 18.5 Å². The zero-order chi connectivity index (χ0) is 11.8. The molecule has 5 heteroatoms. The van der Waals surface area contributed by atoms with Crippen molar-refractivity contribution in [3.63, 3.8) is 0 Å². The van der Waals surface area contributed by atoms with Gasteiger partial charge >= 0.3 is 0 Å². The Labute approximate surface area is 104 Å². The molecule has 86 valence electrons. The Hall–Kier alpha value is -1.28. The number of anilines is 1. The number of halogens is 1. The first-order chi connectivity index (χ1) is 7.79. The lowest BCUT2D eigenvalue weighted by molar-refractivity contribution is 0.312. The fourth-order valence-electron chi connectivity index (χ4n) is 1.03. The Kier molecular flexibility index (Phi) is 5.65. The van der Waals surface area contributed by atoms with Crippen LogP contribution in [0.4, 0.5) is 5.82 Å². The molecular formula is C11H14BrN3O. The molecule has 0 aliphatic carbocycles. The SMILES string of the molecule is C#CCCOc1ncnc(NCCC)c1Br. The van der Waals surface area contributed by atoms with Gasteiger partial charge in [0.25, 0.3) is 0 Å². The van der Waals surface area contributed by atoms with E-state index in [1.54, 1.807) is 0 Å². The van der Waals surface area contributed by atoms with Crippen molar-refractivity contribution < 1.29 is 4.74 Å². The van der Waals surface area contributed by atoms with E-state index >= 15 is 0 Å². The normalized spacial score (nSPS) is 9.56. The number of hydrogen-bond acceptors (Lipinski definition) is 4. The predicted octanol–water partition coefficient (Wildman–Crippen LogP) is 2.46. The lowest BCUT2D eigenvalue weighted by Gasteiger charge is -2.09. The summed E-state index contributed by atoms with van der Waals surface area (Å²) in [5.74, 6) is 3.77. The van der Waals surface area contributed by atoms with Crippen molar-refractivity contribution in [3.8, 4) is 18.2 Å². The highest BCUT2D eigenvalue weighted by Crippen LogP contribution is 2.28. The van der Waals surface area contributed by atoms with Crippen LogP contribution in [0.2, 0.25) is 0 Å². The highest BCUT2D eigenvalue weighted by atomic mass is 79.9. The lowest BCUT2D eigenvalue weighted by Crippen LogP contribution is -2.05. The van der Waals surface area contributed by atoms with Gasteiger partial charge in [0.05, 0.1) is 0 Å². The maximum absolute atomic E-state index is 5.42. The van der Waals surface area contributed by atoms with Crippen LogP contribution in [0.25, 0.3) is 0 Å². The molecule has 1 aromatic heterocycles. The van der Waals surface area contributed by atoms with Crippen molar-refractivity contribution >= 4 is 21.7 Å². The second kappa shape index (κ2) is 7.07. The van der Waals surface area contributed by atoms with Gasteiger partial charge in [0.2, 0.25) is 5.88 Å². The molecule has 1 aromatic rings. The zero-order valence-electron chi connectivity index (χ0n) is 9.16. The van der Waals surface area contributed by atoms with Gasteiger partial charge in [0.15, 0.2) is 0 Å². The fraction of sp³-hybridized carbons (Fsp3) is 0.455. The van der Waals surface area contributed by atoms with E-state index in [1.807, 2.05) is 0 Å². The quantitative estimate of drug-likeness (QED) is 0.644. The average molecular weight is 284 g/mol. The number of aromatic nitrogens is 2. The van der Waals surface area contributed by atoms with Gasteiger partial charge < -0.3 is 10.1 Å². The maximum Gasteiger partial charge on any atom is 0.233 e. The van der Waals surface area contributed by atoms with Crippen molar-refractivity contribution in [1.29, 1.82) is 0 Å². The van der Waals surface area contributed by atoms with Crippen molar-refractivity contribution in [2.24, 2.45) is 0 Å². The molecule has 1 heterocycles. The predicted molar refractivity (Wildman–Crippen MR) is 67.5 cm³/mol. The van der Waals surface area contributed by atoms with E-state index in [2.05, 4.69) is 44.1 Å². The van der Waals surface area contributed by atoms with Gasteiger partial charge in [-0.05, 0) is 22.4 Å². The fourth-order valence-corrected chi connectivity index (χ4v) is 1.49. The largest absolute Gasteiger partial charge is 0.476 e. The average Bonchev–Trinajstić information content (AvgIpc) is 2.30. The number of hydrogen-bond donors (Lipinski definition) is 1. The van der Waals surface area contributed by atoms with Gasteiger partial charge in [-0.15, -0.1) is 12.3 Å². The highest BCUT2D eigenvalue weighted by Gasteiger charge is 2.08. The van der Waals surface area contributed by atoms with Crippen LogP contribution in [0.15, 0.2) is 10.8 Å². The van der Waals surface area contributed by atoms with E-state index in [9.17, 15) is 0 Å². The molecule has 0 fully saturated rings. The van der Waals surface area contributed by atoms with Gasteiger partial charge in [0, 0.05) is 13.0 Å². The highest BCUT2D eigenvalue weighted by molar-refractivity contribution is 9.10. The monoisotopic (exact) mass is 283 g/mol. The summed E-state index contributed by atoms with van der Waals surface area (Å²) in [6.07, 6.45) is 8.20. The Balaban J connectivity index is 2.67. The van der Waals surface area contributed by atoms with Crippen LogP contribution in [0.1, 0.15) is 19.8 Å². The number of nitrogens with one attached hydrogen (secondary N) is 1. The van der Waals surface area contributed by atoms with E-state index in [0.717, 1.165) is 23.3 Å². The Morgan fingerprint density at radius 1 is 1.56 bits per heavy atom. The summed E-state index contributed by atoms with van der Waals surface area (Å²) < 4.78 is 6.15. The third-order valence-corrected chi connectivity index (χ3v) is 2.50. The molecule has 1 N–H and O–H groups in total. The number of rotatable bonds is 6. The van der Waals surface area contributed by atoms with E-state index in [1.165, 1.54) is 6.33 Å². The molecule has 0 saturated heterocycles. The molecule has 0 saturated carbocycles. The standard InChI is InChI=1S/C11H14BrN3O/c1-3-5-7-16-11-9(12)10(13-6-4-2)14-8-15-11/h1,8H,4-7H2,2H3,(H,13,14,15). The minimum atomic E-state index is 0.458. The van der Waals surface area contributed by atoms with Crippen LogP contribution in [0, 0.1) is 12.3 Å². The Morgan fingerprint density at radius 2 is 2.38 bits per heavy atom. The summed E-state index contributed by atoms with van der Waals surface area (Å²) in [4.78, 5) is 8.15. The van der Waals surface area contributed by atoms with Gasteiger partial charge in [-0.25, -0.2) is 9.97 Å². The van der Waals surface area contributed by atoms with Crippen molar-refractivity contribution in [2.45, 2.75) is 19.8 Å². The molecule has 0 aliphatic heterocycles. The summed E-state index contributed by atoms with van der Waals surface area (Å²) in [6.45, 7) is 3.41. The van der Waals surface area contributed by atoms with Crippen LogP contribution in [-0.2, 0) is 0 Å². The van der Waals surface area contributed by atoms with E-state index < -0.39 is 0 Å². The number of terminal acetylenes is 1. The van der Waals surface area contributed by atoms with Crippen LogP contribution in [0.3, 0.4) is 0 Å². The summed E-state index contributed by atoms with van der Waals surface area (Å²) in [7, 11) is 0. The second-order valence-corrected chi connectivity index (χ2v) is 3.86. The molecule has 0 bridgehead atoms. The molecule has 4 nitrogen and oxygen atoms in total. The van der Waals surface area contributed by atoms with Gasteiger partial charge in [-0.2, -0.15) is 0 Å². The van der Waals surface area contributed by atoms with Gasteiger partial charge in [-0.1, -0.05) is 6.92 Å². The van der Waals surface area contributed by atoms with Gasteiger partial charge in [0.1, 0.15) is 23.2 Å². The zero-order valence-corrected chi connectivity index (χ0v) is 10.7. The van der Waals surface area contributed by atoms with Gasteiger partial charge in [-0.3, -0.25) is 0 Å². The lowest BCUT2D eigenvalue weighted by atomic mass is 10.4. The first-order valence-electron chi connectivity index (χ1n) is 5.10. The molecule has 0 atom stereocenters. The van der Waals surface area contributed by atoms with Crippen molar-refractivity contribution in [3.05, 3.63) is 10.8 Å². The molecule has 0 radical (unpaired) electrons. The molecule has 0 amide bonds. The second-order valence-electron chi connectivity index (χ2n) is 3.07. The van der Waals surface area contributed by atoms with Crippen LogP contribution >= 0.6 is 15.9 Å². The molecular weight excluding hydrogens is 270 g/mol. The Morgan fingerprint density at radius 3 is 3.06 bits per heavy atom. The number of nitrogens with zero attached hydrogens (tertiary/aromatic N) is 2. The van der Waals surface area contributed by atoms with E-state index in [0.29, 0.717) is 18.9 Å². The van der Waals surface area contributed by atoms with Crippen LogP contribution < -0.4 is 10.1 Å². The topological polar surface area (TPSA) is 47.0 Å². The van der Waals surface area contributed by atoms with Crippen molar-refractivity contribution in [1.82, 2.24) is 9.97 Å². The molecule has 16 heavy (non-hydrogen) atoms. The van der Waals surface area contributed by atoms with Crippen LogP contribution in [0.5, 0.6) is 5.88 Å². The first-order valence-corrected chi connectivity index (χ1v) is 5.89. The molecule has 0 unspecified atom stereocenters.